The number of likely N-dealkylation sites (tertiary alicyclic amines) is 1. The zero-order valence-electron chi connectivity index (χ0n) is 17.2. The lowest BCUT2D eigenvalue weighted by Gasteiger charge is -2.19. The van der Waals surface area contributed by atoms with Crippen LogP contribution in [0.3, 0.4) is 0 Å². The van der Waals surface area contributed by atoms with Crippen molar-refractivity contribution in [3.8, 4) is 0 Å². The normalized spacial score (nSPS) is 15.3. The lowest BCUT2D eigenvalue weighted by molar-refractivity contribution is 0.0951. The van der Waals surface area contributed by atoms with Crippen molar-refractivity contribution >= 4 is 33.2 Å². The van der Waals surface area contributed by atoms with E-state index in [2.05, 4.69) is 14.9 Å². The smallest absolute Gasteiger partial charge is 0.261 e. The maximum Gasteiger partial charge on any atom is 0.261 e. The van der Waals surface area contributed by atoms with E-state index in [0.29, 0.717) is 12.1 Å². The van der Waals surface area contributed by atoms with E-state index in [0.717, 1.165) is 44.3 Å². The van der Waals surface area contributed by atoms with Gasteiger partial charge in [-0.15, -0.1) is 0 Å². The number of sulfonamides is 1. The van der Waals surface area contributed by atoms with Gasteiger partial charge in [-0.1, -0.05) is 24.4 Å². The van der Waals surface area contributed by atoms with Gasteiger partial charge in [-0.05, 0) is 81.4 Å². The summed E-state index contributed by atoms with van der Waals surface area (Å²) < 4.78 is 40.5. The van der Waals surface area contributed by atoms with Crippen LogP contribution < -0.4 is 10.0 Å². The minimum absolute atomic E-state index is 0.148. The van der Waals surface area contributed by atoms with Gasteiger partial charge in [-0.3, -0.25) is 9.52 Å². The summed E-state index contributed by atoms with van der Waals surface area (Å²) in [6.45, 7) is 3.84. The van der Waals surface area contributed by atoms with Crippen molar-refractivity contribution in [1.29, 1.82) is 0 Å². The Balaban J connectivity index is 1.49. The molecule has 1 saturated heterocycles. The highest BCUT2D eigenvalue weighted by atomic mass is 35.5. The van der Waals surface area contributed by atoms with Crippen LogP contribution in [0.25, 0.3) is 0 Å². The number of anilines is 1. The average molecular weight is 468 g/mol. The minimum atomic E-state index is -3.92. The molecule has 3 rings (SSSR count). The van der Waals surface area contributed by atoms with Crippen LogP contribution >= 0.6 is 11.6 Å². The summed E-state index contributed by atoms with van der Waals surface area (Å²) in [5.74, 6) is -0.891. The summed E-state index contributed by atoms with van der Waals surface area (Å²) in [7, 11) is -3.92. The molecule has 2 N–H and O–H groups in total. The second kappa shape index (κ2) is 10.9. The van der Waals surface area contributed by atoms with Crippen LogP contribution in [0.15, 0.2) is 47.4 Å². The molecule has 0 aromatic heterocycles. The van der Waals surface area contributed by atoms with Crippen molar-refractivity contribution < 1.29 is 17.6 Å². The Morgan fingerprint density at radius 3 is 2.35 bits per heavy atom. The van der Waals surface area contributed by atoms with E-state index in [9.17, 15) is 17.6 Å². The van der Waals surface area contributed by atoms with Crippen LogP contribution in [0, 0.1) is 5.82 Å². The number of carbonyl (C=O) groups excluding carboxylic acids is 1. The van der Waals surface area contributed by atoms with Gasteiger partial charge in [0.05, 0.1) is 9.92 Å². The standard InChI is InChI=1S/C22H27ClFN3O3S/c23-20-16-19(10-11-21(20)24)31(29,30)26-18-8-6-17(7-9-18)22(28)25-12-5-15-27-13-3-1-2-4-14-27/h6-11,16,26H,1-5,12-15H2,(H,25,28). The maximum absolute atomic E-state index is 13.3. The van der Waals surface area contributed by atoms with Crippen LogP contribution in [0.4, 0.5) is 10.1 Å². The summed E-state index contributed by atoms with van der Waals surface area (Å²) in [5, 5.41) is 2.63. The Morgan fingerprint density at radius 2 is 1.71 bits per heavy atom. The molecular weight excluding hydrogens is 441 g/mol. The molecule has 1 heterocycles. The quantitative estimate of drug-likeness (QED) is 0.568. The molecule has 1 aliphatic heterocycles. The first-order chi connectivity index (χ1) is 14.8. The molecule has 1 fully saturated rings. The van der Waals surface area contributed by atoms with E-state index in [4.69, 9.17) is 11.6 Å². The molecule has 0 bridgehead atoms. The first-order valence-electron chi connectivity index (χ1n) is 10.4. The fourth-order valence-electron chi connectivity index (χ4n) is 3.51. The third-order valence-corrected chi connectivity index (χ3v) is 6.90. The summed E-state index contributed by atoms with van der Waals surface area (Å²) in [4.78, 5) is 14.6. The first kappa shape index (κ1) is 23.5. The minimum Gasteiger partial charge on any atom is -0.352 e. The van der Waals surface area contributed by atoms with Crippen LogP contribution in [-0.2, 0) is 10.0 Å². The third-order valence-electron chi connectivity index (χ3n) is 5.24. The highest BCUT2D eigenvalue weighted by Crippen LogP contribution is 2.22. The Labute approximate surface area is 187 Å². The Morgan fingerprint density at radius 1 is 1.03 bits per heavy atom. The van der Waals surface area contributed by atoms with Crippen molar-refractivity contribution in [3.05, 3.63) is 58.9 Å². The molecule has 168 valence electrons. The van der Waals surface area contributed by atoms with Crippen LogP contribution in [0.2, 0.25) is 5.02 Å². The highest BCUT2D eigenvalue weighted by molar-refractivity contribution is 7.92. The largest absolute Gasteiger partial charge is 0.352 e. The van der Waals surface area contributed by atoms with Gasteiger partial charge < -0.3 is 10.2 Å². The van der Waals surface area contributed by atoms with Crippen molar-refractivity contribution in [2.45, 2.75) is 37.0 Å². The number of nitrogens with one attached hydrogen (secondary N) is 2. The molecule has 6 nitrogen and oxygen atoms in total. The molecular formula is C22H27ClFN3O3S. The lowest BCUT2D eigenvalue weighted by Crippen LogP contribution is -2.30. The van der Waals surface area contributed by atoms with Gasteiger partial charge in [0.1, 0.15) is 5.82 Å². The van der Waals surface area contributed by atoms with Gasteiger partial charge in [-0.2, -0.15) is 0 Å². The van der Waals surface area contributed by atoms with E-state index in [1.165, 1.54) is 37.8 Å². The predicted octanol–water partition coefficient (Wildman–Crippen LogP) is 4.28. The van der Waals surface area contributed by atoms with Gasteiger partial charge in [0.25, 0.3) is 15.9 Å². The van der Waals surface area contributed by atoms with E-state index < -0.39 is 15.8 Å². The number of amides is 1. The highest BCUT2D eigenvalue weighted by Gasteiger charge is 2.16. The Hall–Kier alpha value is -2.16. The summed E-state index contributed by atoms with van der Waals surface area (Å²) in [6, 6.07) is 9.31. The zero-order valence-corrected chi connectivity index (χ0v) is 18.8. The van der Waals surface area contributed by atoms with Crippen LogP contribution in [0.5, 0.6) is 0 Å². The number of benzene rings is 2. The molecule has 0 spiro atoms. The zero-order chi connectivity index (χ0) is 22.3. The molecule has 0 saturated carbocycles. The predicted molar refractivity (Wildman–Crippen MR) is 121 cm³/mol. The Bertz CT molecular complexity index is 992. The van der Waals surface area contributed by atoms with Crippen molar-refractivity contribution in [3.63, 3.8) is 0 Å². The number of nitrogens with zero attached hydrogens (tertiary/aromatic N) is 1. The summed E-state index contributed by atoms with van der Waals surface area (Å²) in [6.07, 6.45) is 5.99. The van der Waals surface area contributed by atoms with Gasteiger partial charge in [0, 0.05) is 17.8 Å². The lowest BCUT2D eigenvalue weighted by atomic mass is 10.2. The van der Waals surface area contributed by atoms with Gasteiger partial charge in [0.2, 0.25) is 0 Å². The topological polar surface area (TPSA) is 78.5 Å². The van der Waals surface area contributed by atoms with Gasteiger partial charge >= 0.3 is 0 Å². The molecule has 0 unspecified atom stereocenters. The van der Waals surface area contributed by atoms with Gasteiger partial charge in [0.15, 0.2) is 0 Å². The summed E-state index contributed by atoms with van der Waals surface area (Å²) in [5.41, 5.74) is 0.737. The number of hydrogen-bond donors (Lipinski definition) is 2. The van der Waals surface area contributed by atoms with Crippen molar-refractivity contribution in [2.75, 3.05) is 30.9 Å². The fourth-order valence-corrected chi connectivity index (χ4v) is 4.84. The van der Waals surface area contributed by atoms with Crippen LogP contribution in [-0.4, -0.2) is 45.4 Å². The van der Waals surface area contributed by atoms with E-state index in [-0.39, 0.29) is 21.5 Å². The number of halogens is 2. The van der Waals surface area contributed by atoms with Gasteiger partial charge in [-0.25, -0.2) is 12.8 Å². The molecule has 31 heavy (non-hydrogen) atoms. The van der Waals surface area contributed by atoms with E-state index in [1.54, 1.807) is 12.1 Å². The third kappa shape index (κ3) is 6.92. The number of carbonyl (C=O) groups is 1. The molecule has 9 heteroatoms. The molecule has 1 aliphatic rings. The average Bonchev–Trinajstić information content (AvgIpc) is 3.02. The Kier molecular flexibility index (Phi) is 8.28. The summed E-state index contributed by atoms with van der Waals surface area (Å²) >= 11 is 5.67. The maximum atomic E-state index is 13.3. The SMILES string of the molecule is O=C(NCCCN1CCCCCC1)c1ccc(NS(=O)(=O)c2ccc(F)c(Cl)c2)cc1. The second-order valence-electron chi connectivity index (χ2n) is 7.62. The molecule has 0 aliphatic carbocycles. The van der Waals surface area contributed by atoms with Crippen LogP contribution in [0.1, 0.15) is 42.5 Å². The molecule has 0 radical (unpaired) electrons. The van der Waals surface area contributed by atoms with E-state index in [1.807, 2.05) is 0 Å². The molecule has 2 aromatic carbocycles. The fraction of sp³-hybridized carbons (Fsp3) is 0.409. The molecule has 2 aromatic rings. The van der Waals surface area contributed by atoms with E-state index >= 15 is 0 Å². The van der Waals surface area contributed by atoms with Crippen molar-refractivity contribution in [2.24, 2.45) is 0 Å². The number of rotatable bonds is 8. The molecule has 1 amide bonds. The number of hydrogen-bond acceptors (Lipinski definition) is 4. The second-order valence-corrected chi connectivity index (χ2v) is 9.71. The first-order valence-corrected chi connectivity index (χ1v) is 12.3. The molecule has 0 atom stereocenters. The van der Waals surface area contributed by atoms with Crippen molar-refractivity contribution in [1.82, 2.24) is 10.2 Å². The monoisotopic (exact) mass is 467 g/mol.